The van der Waals surface area contributed by atoms with Crippen LogP contribution in [0, 0.1) is 0 Å². The maximum Gasteiger partial charge on any atom is 0.306 e. The van der Waals surface area contributed by atoms with E-state index in [9.17, 15) is 14.4 Å². The molecule has 0 aliphatic rings. The van der Waals surface area contributed by atoms with E-state index < -0.39 is 6.10 Å². The molecule has 0 aliphatic heterocycles. The summed E-state index contributed by atoms with van der Waals surface area (Å²) in [5.41, 5.74) is 0. The Kier molecular flexibility index (Phi) is 53.3. The van der Waals surface area contributed by atoms with E-state index in [1.807, 2.05) is 0 Å². The molecule has 0 aromatic heterocycles. The van der Waals surface area contributed by atoms with Gasteiger partial charge in [-0.1, -0.05) is 223 Å². The molecule has 388 valence electrons. The highest BCUT2D eigenvalue weighted by atomic mass is 16.6. The molecule has 0 aliphatic carbocycles. The van der Waals surface area contributed by atoms with Crippen molar-refractivity contribution in [2.75, 3.05) is 13.2 Å². The third-order valence-corrected chi connectivity index (χ3v) is 12.5. The highest BCUT2D eigenvalue weighted by Gasteiger charge is 2.19. The minimum absolute atomic E-state index is 0.0860. The first-order chi connectivity index (χ1) is 33.0. The highest BCUT2D eigenvalue weighted by Crippen LogP contribution is 2.15. The largest absolute Gasteiger partial charge is 0.462 e. The van der Waals surface area contributed by atoms with Gasteiger partial charge in [0.25, 0.3) is 0 Å². The van der Waals surface area contributed by atoms with Crippen LogP contribution in [0.5, 0.6) is 0 Å². The summed E-state index contributed by atoms with van der Waals surface area (Å²) in [5.74, 6) is -0.905. The first-order valence-corrected chi connectivity index (χ1v) is 28.8. The quantitative estimate of drug-likeness (QED) is 0.0262. The Balaban J connectivity index is 4.42. The maximum absolute atomic E-state index is 12.8. The van der Waals surface area contributed by atoms with Gasteiger partial charge in [-0.25, -0.2) is 0 Å². The minimum atomic E-state index is -0.788. The predicted molar refractivity (Wildman–Crippen MR) is 288 cm³/mol. The lowest BCUT2D eigenvalue weighted by Crippen LogP contribution is -2.30. The smallest absolute Gasteiger partial charge is 0.306 e. The molecule has 0 saturated heterocycles. The van der Waals surface area contributed by atoms with Crippen molar-refractivity contribution in [2.24, 2.45) is 0 Å². The van der Waals surface area contributed by atoms with Gasteiger partial charge in [0.15, 0.2) is 6.10 Å². The fraction of sp³-hybridized carbons (Fsp3) is 0.787. The van der Waals surface area contributed by atoms with Crippen molar-refractivity contribution in [1.29, 1.82) is 0 Å². The van der Waals surface area contributed by atoms with Crippen LogP contribution in [-0.4, -0.2) is 37.2 Å². The Hall–Kier alpha value is -2.89. The van der Waals surface area contributed by atoms with Crippen LogP contribution >= 0.6 is 0 Å². The number of carbonyl (C=O) groups is 3. The standard InChI is InChI=1S/C61H108O6/c1-4-7-10-13-16-19-22-25-28-31-34-36-39-42-45-48-51-54-60(63)66-57-58(67-61(64)55-52-49-46-43-40-37-33-30-27-24-21-18-15-12-9-6-3)56-65-59(62)53-50-47-44-41-38-35-32-29-26-23-20-17-14-11-8-5-2/h16,19,21,24-25,28-30,32-33,58H,4-15,17-18,20,22-23,26-27,31,34-57H2,1-3H3/b19-16-,24-21-,28-25-,32-29-,33-30-. The summed E-state index contributed by atoms with van der Waals surface area (Å²) in [7, 11) is 0. The van der Waals surface area contributed by atoms with Gasteiger partial charge >= 0.3 is 17.9 Å². The average molecular weight is 938 g/mol. The lowest BCUT2D eigenvalue weighted by atomic mass is 10.1. The van der Waals surface area contributed by atoms with E-state index >= 15 is 0 Å². The highest BCUT2D eigenvalue weighted by molar-refractivity contribution is 5.71. The molecule has 0 radical (unpaired) electrons. The zero-order valence-corrected chi connectivity index (χ0v) is 44.4. The average Bonchev–Trinajstić information content (AvgIpc) is 3.33. The van der Waals surface area contributed by atoms with Crippen molar-refractivity contribution in [2.45, 2.75) is 297 Å². The molecule has 1 atom stereocenters. The van der Waals surface area contributed by atoms with E-state index in [0.29, 0.717) is 19.3 Å². The van der Waals surface area contributed by atoms with Gasteiger partial charge in [-0.15, -0.1) is 0 Å². The fourth-order valence-electron chi connectivity index (χ4n) is 8.09. The number of hydrogen-bond acceptors (Lipinski definition) is 6. The first kappa shape index (κ1) is 64.1. The molecule has 0 N–H and O–H groups in total. The van der Waals surface area contributed by atoms with Gasteiger partial charge in [-0.2, -0.15) is 0 Å². The van der Waals surface area contributed by atoms with Gasteiger partial charge < -0.3 is 14.2 Å². The Morgan fingerprint density at radius 3 is 0.881 bits per heavy atom. The summed E-state index contributed by atoms with van der Waals surface area (Å²) in [6.45, 7) is 6.59. The maximum atomic E-state index is 12.8. The van der Waals surface area contributed by atoms with Gasteiger partial charge in [0.1, 0.15) is 13.2 Å². The van der Waals surface area contributed by atoms with Gasteiger partial charge in [-0.05, 0) is 109 Å². The van der Waals surface area contributed by atoms with Crippen molar-refractivity contribution in [3.05, 3.63) is 60.8 Å². The van der Waals surface area contributed by atoms with Crippen LogP contribution < -0.4 is 0 Å². The van der Waals surface area contributed by atoms with Gasteiger partial charge in [0, 0.05) is 19.3 Å². The van der Waals surface area contributed by atoms with E-state index in [-0.39, 0.29) is 31.1 Å². The number of rotatable bonds is 52. The van der Waals surface area contributed by atoms with E-state index in [2.05, 4.69) is 81.5 Å². The second-order valence-electron chi connectivity index (χ2n) is 19.2. The molecule has 67 heavy (non-hydrogen) atoms. The molecular weight excluding hydrogens is 829 g/mol. The second kappa shape index (κ2) is 55.7. The Morgan fingerprint density at radius 2 is 0.537 bits per heavy atom. The van der Waals surface area contributed by atoms with Crippen LogP contribution in [0.1, 0.15) is 290 Å². The summed E-state index contributed by atoms with van der Waals surface area (Å²) in [6, 6.07) is 0. The van der Waals surface area contributed by atoms with Crippen LogP contribution in [0.2, 0.25) is 0 Å². The zero-order chi connectivity index (χ0) is 48.6. The Labute approximate surface area is 415 Å². The number of allylic oxidation sites excluding steroid dienone is 10. The van der Waals surface area contributed by atoms with Crippen LogP contribution in [0.15, 0.2) is 60.8 Å². The molecule has 0 spiro atoms. The summed E-state index contributed by atoms with van der Waals surface area (Å²) >= 11 is 0. The SMILES string of the molecule is CCCCC/C=C\C/C=C\CCCCCCCCCC(=O)OCC(COC(=O)CCCCCCC/C=C\CCCCCCCCC)OC(=O)CCCCCCC/C=C\C/C=C\CCCCCC. The summed E-state index contributed by atoms with van der Waals surface area (Å²) in [5, 5.41) is 0. The van der Waals surface area contributed by atoms with E-state index in [1.54, 1.807) is 0 Å². The van der Waals surface area contributed by atoms with Crippen molar-refractivity contribution >= 4 is 17.9 Å². The molecule has 0 aromatic rings. The second-order valence-corrected chi connectivity index (χ2v) is 19.2. The van der Waals surface area contributed by atoms with Crippen LogP contribution in [0.3, 0.4) is 0 Å². The Bertz CT molecular complexity index is 1210. The summed E-state index contributed by atoms with van der Waals surface area (Å²) in [4.78, 5) is 38.1. The molecule has 0 saturated carbocycles. The third-order valence-electron chi connectivity index (χ3n) is 12.5. The fourth-order valence-corrected chi connectivity index (χ4v) is 8.09. The van der Waals surface area contributed by atoms with Crippen LogP contribution in [0.25, 0.3) is 0 Å². The molecule has 0 bridgehead atoms. The number of esters is 3. The van der Waals surface area contributed by atoms with Crippen LogP contribution in [0.4, 0.5) is 0 Å². The van der Waals surface area contributed by atoms with Gasteiger partial charge in [-0.3, -0.25) is 14.4 Å². The number of ether oxygens (including phenoxy) is 3. The van der Waals surface area contributed by atoms with E-state index in [1.165, 1.54) is 148 Å². The number of unbranched alkanes of at least 4 members (excludes halogenated alkanes) is 31. The molecule has 6 nitrogen and oxygen atoms in total. The lowest BCUT2D eigenvalue weighted by molar-refractivity contribution is -0.167. The summed E-state index contributed by atoms with van der Waals surface area (Å²) in [6.07, 6.45) is 69.1. The molecule has 0 rings (SSSR count). The molecule has 1 unspecified atom stereocenters. The molecule has 0 aromatic carbocycles. The van der Waals surface area contributed by atoms with Crippen LogP contribution in [-0.2, 0) is 28.6 Å². The topological polar surface area (TPSA) is 78.9 Å². The van der Waals surface area contributed by atoms with Gasteiger partial charge in [0.05, 0.1) is 0 Å². The summed E-state index contributed by atoms with van der Waals surface area (Å²) < 4.78 is 16.9. The third kappa shape index (κ3) is 53.9. The van der Waals surface area contributed by atoms with Crippen molar-refractivity contribution in [3.8, 4) is 0 Å². The number of carbonyl (C=O) groups excluding carboxylic acids is 3. The first-order valence-electron chi connectivity index (χ1n) is 28.8. The van der Waals surface area contributed by atoms with Crippen molar-refractivity contribution < 1.29 is 28.6 Å². The zero-order valence-electron chi connectivity index (χ0n) is 44.4. The molecule has 0 heterocycles. The normalized spacial score (nSPS) is 12.5. The van der Waals surface area contributed by atoms with Gasteiger partial charge in [0.2, 0.25) is 0 Å². The van der Waals surface area contributed by atoms with Crippen molar-refractivity contribution in [1.82, 2.24) is 0 Å². The molecule has 0 fully saturated rings. The number of hydrogen-bond donors (Lipinski definition) is 0. The monoisotopic (exact) mass is 937 g/mol. The molecular formula is C61H108O6. The molecule has 0 amide bonds. The van der Waals surface area contributed by atoms with E-state index in [0.717, 1.165) is 103 Å². The predicted octanol–water partition coefficient (Wildman–Crippen LogP) is 19.2. The molecule has 6 heteroatoms. The lowest BCUT2D eigenvalue weighted by Gasteiger charge is -2.18. The minimum Gasteiger partial charge on any atom is -0.462 e. The Morgan fingerprint density at radius 1 is 0.299 bits per heavy atom. The van der Waals surface area contributed by atoms with E-state index in [4.69, 9.17) is 14.2 Å². The van der Waals surface area contributed by atoms with Crippen molar-refractivity contribution in [3.63, 3.8) is 0 Å².